The summed E-state index contributed by atoms with van der Waals surface area (Å²) in [5.41, 5.74) is 2.34. The molecule has 1 amide bonds. The molecule has 0 aliphatic carbocycles. The largest absolute Gasteiger partial charge is 0.497 e. The third-order valence-electron chi connectivity index (χ3n) is 9.14. The maximum atomic E-state index is 14.9. The number of rotatable bonds is 7. The van der Waals surface area contributed by atoms with Crippen LogP contribution in [0.2, 0.25) is 0 Å². The average Bonchev–Trinajstić information content (AvgIpc) is 3.55. The molecule has 4 atom stereocenters. The van der Waals surface area contributed by atoms with Crippen LogP contribution in [0, 0.1) is 5.92 Å². The maximum absolute atomic E-state index is 14.9. The summed E-state index contributed by atoms with van der Waals surface area (Å²) < 4.78 is 16.3. The highest BCUT2D eigenvalue weighted by Crippen LogP contribution is 2.58. The molecule has 0 aromatic heterocycles. The number of amides is 1. The number of ketones is 2. The van der Waals surface area contributed by atoms with Gasteiger partial charge in [-0.1, -0.05) is 48.6 Å². The van der Waals surface area contributed by atoms with E-state index in [4.69, 9.17) is 14.2 Å². The lowest BCUT2D eigenvalue weighted by Gasteiger charge is -2.37. The molecule has 8 heteroatoms. The van der Waals surface area contributed by atoms with Gasteiger partial charge < -0.3 is 24.4 Å². The molecule has 3 aliphatic heterocycles. The lowest BCUT2D eigenvalue weighted by atomic mass is 9.64. The monoisotopic (exact) mass is 586 g/mol. The summed E-state index contributed by atoms with van der Waals surface area (Å²) in [5.74, 6) is -0.540. The molecule has 4 aromatic carbocycles. The zero-order valence-electron chi connectivity index (χ0n) is 24.4. The molecule has 3 heterocycles. The Morgan fingerprint density at radius 1 is 0.773 bits per heavy atom. The van der Waals surface area contributed by atoms with E-state index in [0.29, 0.717) is 39.6 Å². The summed E-state index contributed by atoms with van der Waals surface area (Å²) in [7, 11) is 4.59. The van der Waals surface area contributed by atoms with Crippen LogP contribution in [0.15, 0.2) is 97.1 Å². The van der Waals surface area contributed by atoms with Crippen LogP contribution >= 0.6 is 0 Å². The molecule has 1 N–H and O–H groups in total. The molecule has 4 unspecified atom stereocenters. The van der Waals surface area contributed by atoms with Crippen LogP contribution in [-0.2, 0) is 10.2 Å². The van der Waals surface area contributed by atoms with Gasteiger partial charge in [0.05, 0.1) is 33.3 Å². The number of fused-ring (bicyclic) bond motifs is 6. The topological polar surface area (TPSA) is 94.2 Å². The second-order valence-corrected chi connectivity index (χ2v) is 11.1. The summed E-state index contributed by atoms with van der Waals surface area (Å²) in [6.07, 6.45) is 3.94. The van der Waals surface area contributed by atoms with Crippen LogP contribution in [0.1, 0.15) is 31.8 Å². The molecule has 0 radical (unpaired) electrons. The lowest BCUT2D eigenvalue weighted by Crippen LogP contribution is -2.51. The third-order valence-corrected chi connectivity index (χ3v) is 9.14. The van der Waals surface area contributed by atoms with Gasteiger partial charge in [0.1, 0.15) is 17.2 Å². The zero-order chi connectivity index (χ0) is 30.6. The first-order valence-electron chi connectivity index (χ1n) is 14.3. The van der Waals surface area contributed by atoms with Crippen molar-refractivity contribution in [2.75, 3.05) is 31.5 Å². The van der Waals surface area contributed by atoms with Crippen LogP contribution in [0.5, 0.6) is 17.2 Å². The van der Waals surface area contributed by atoms with Crippen molar-refractivity contribution in [3.63, 3.8) is 0 Å². The van der Waals surface area contributed by atoms with E-state index in [0.717, 1.165) is 11.3 Å². The van der Waals surface area contributed by atoms with E-state index in [1.807, 2.05) is 65.6 Å². The van der Waals surface area contributed by atoms with Gasteiger partial charge in [-0.2, -0.15) is 0 Å². The molecule has 7 rings (SSSR count). The van der Waals surface area contributed by atoms with Gasteiger partial charge >= 0.3 is 0 Å². The van der Waals surface area contributed by atoms with Crippen molar-refractivity contribution in [3.8, 4) is 17.2 Å². The fourth-order valence-electron chi connectivity index (χ4n) is 7.21. The van der Waals surface area contributed by atoms with Crippen molar-refractivity contribution in [2.24, 2.45) is 5.92 Å². The Hall–Kier alpha value is -5.37. The SMILES string of the molecule is COc1ccc(C(=O)C2C(C(=O)c3ccc(OC)c(OC)c3)N3c4ccccc4C=CC3C23C(=O)Nc2ccccc23)cc1. The smallest absolute Gasteiger partial charge is 0.238 e. The molecule has 1 fully saturated rings. The Balaban J connectivity index is 1.51. The highest BCUT2D eigenvalue weighted by atomic mass is 16.5. The van der Waals surface area contributed by atoms with E-state index in [9.17, 15) is 14.4 Å². The number of hydrogen-bond acceptors (Lipinski definition) is 7. The first kappa shape index (κ1) is 27.5. The summed E-state index contributed by atoms with van der Waals surface area (Å²) in [6, 6.07) is 25.3. The predicted octanol–water partition coefficient (Wildman–Crippen LogP) is 5.57. The van der Waals surface area contributed by atoms with Crippen molar-refractivity contribution in [1.82, 2.24) is 0 Å². The number of carbonyl (C=O) groups excluding carboxylic acids is 3. The van der Waals surface area contributed by atoms with E-state index >= 15 is 0 Å². The first-order valence-corrected chi connectivity index (χ1v) is 14.3. The lowest BCUT2D eigenvalue weighted by molar-refractivity contribution is -0.121. The second kappa shape index (κ2) is 10.4. The number of hydrogen-bond donors (Lipinski definition) is 1. The number of anilines is 2. The third kappa shape index (κ3) is 3.80. The van der Waals surface area contributed by atoms with E-state index < -0.39 is 23.4 Å². The van der Waals surface area contributed by atoms with Gasteiger partial charge in [-0.3, -0.25) is 14.4 Å². The molecular weight excluding hydrogens is 556 g/mol. The number of carbonyl (C=O) groups is 3. The molecule has 1 spiro atoms. The Kier molecular flexibility index (Phi) is 6.50. The summed E-state index contributed by atoms with van der Waals surface area (Å²) >= 11 is 0. The van der Waals surface area contributed by atoms with Crippen molar-refractivity contribution in [2.45, 2.75) is 17.5 Å². The second-order valence-electron chi connectivity index (χ2n) is 11.1. The van der Waals surface area contributed by atoms with E-state index in [-0.39, 0.29) is 17.5 Å². The van der Waals surface area contributed by atoms with Crippen LogP contribution in [0.25, 0.3) is 6.08 Å². The number of methoxy groups -OCH3 is 3. The van der Waals surface area contributed by atoms with Crippen LogP contribution in [-0.4, -0.2) is 50.9 Å². The number of nitrogens with one attached hydrogen (secondary N) is 1. The average molecular weight is 587 g/mol. The van der Waals surface area contributed by atoms with Crippen molar-refractivity contribution in [3.05, 3.63) is 119 Å². The quantitative estimate of drug-likeness (QED) is 0.283. The summed E-state index contributed by atoms with van der Waals surface area (Å²) in [4.78, 5) is 46.3. The predicted molar refractivity (Wildman–Crippen MR) is 167 cm³/mol. The summed E-state index contributed by atoms with van der Waals surface area (Å²) in [6.45, 7) is 0. The molecule has 0 saturated carbocycles. The number of para-hydroxylation sites is 2. The highest BCUT2D eigenvalue weighted by Gasteiger charge is 2.70. The Labute approximate surface area is 254 Å². The molecule has 220 valence electrons. The van der Waals surface area contributed by atoms with Gasteiger partial charge in [-0.25, -0.2) is 0 Å². The molecule has 8 nitrogen and oxygen atoms in total. The molecule has 44 heavy (non-hydrogen) atoms. The number of benzene rings is 4. The number of nitrogens with zero attached hydrogens (tertiary/aromatic N) is 1. The molecule has 3 aliphatic rings. The highest BCUT2D eigenvalue weighted by molar-refractivity contribution is 6.18. The molecule has 4 aromatic rings. The van der Waals surface area contributed by atoms with Gasteiger partial charge in [0.15, 0.2) is 23.1 Å². The fourth-order valence-corrected chi connectivity index (χ4v) is 7.21. The normalized spacial score (nSPS) is 22.6. The van der Waals surface area contributed by atoms with Gasteiger partial charge in [0.2, 0.25) is 5.91 Å². The molecular formula is C36H30N2O6. The minimum atomic E-state index is -1.39. The van der Waals surface area contributed by atoms with Crippen LogP contribution < -0.4 is 24.4 Å². The minimum absolute atomic E-state index is 0.304. The van der Waals surface area contributed by atoms with Gasteiger partial charge in [0, 0.05) is 22.5 Å². The maximum Gasteiger partial charge on any atom is 0.238 e. The zero-order valence-corrected chi connectivity index (χ0v) is 24.4. The summed E-state index contributed by atoms with van der Waals surface area (Å²) in [5, 5.41) is 3.05. The number of ether oxygens (including phenoxy) is 3. The van der Waals surface area contributed by atoms with Gasteiger partial charge in [0.25, 0.3) is 0 Å². The van der Waals surface area contributed by atoms with Crippen molar-refractivity contribution >= 4 is 34.9 Å². The van der Waals surface area contributed by atoms with E-state index in [1.54, 1.807) is 49.6 Å². The first-order chi connectivity index (χ1) is 21.4. The van der Waals surface area contributed by atoms with Gasteiger partial charge in [-0.05, 0) is 65.7 Å². The van der Waals surface area contributed by atoms with Gasteiger partial charge in [-0.15, -0.1) is 0 Å². The minimum Gasteiger partial charge on any atom is -0.497 e. The fraction of sp³-hybridized carbons (Fsp3) is 0.194. The van der Waals surface area contributed by atoms with Crippen molar-refractivity contribution in [1.29, 1.82) is 0 Å². The molecule has 0 bridgehead atoms. The Morgan fingerprint density at radius 3 is 2.23 bits per heavy atom. The number of Topliss-reactive ketones (excluding diaryl/α,β-unsaturated/α-hetero) is 2. The molecule has 1 saturated heterocycles. The van der Waals surface area contributed by atoms with Crippen molar-refractivity contribution < 1.29 is 28.6 Å². The standard InChI is InChI=1S/C36H30N2O6/c1-42-24-16-12-22(13-17-24)33(39)31-32(34(40)23-14-18-28(43-2)29(20-23)44-3)38-27-11-7-4-8-21(27)15-19-30(38)36(31)25-9-5-6-10-26(25)37-35(36)41/h4-20,30-32H,1-3H3,(H,37,41). The Morgan fingerprint density at radius 2 is 1.48 bits per heavy atom. The van der Waals surface area contributed by atoms with Crippen LogP contribution in [0.4, 0.5) is 11.4 Å². The van der Waals surface area contributed by atoms with Crippen LogP contribution in [0.3, 0.4) is 0 Å². The Bertz CT molecular complexity index is 1850. The van der Waals surface area contributed by atoms with E-state index in [2.05, 4.69) is 5.32 Å². The van der Waals surface area contributed by atoms with E-state index in [1.165, 1.54) is 14.2 Å².